The van der Waals surface area contributed by atoms with Gasteiger partial charge in [-0.25, -0.2) is 9.97 Å². The van der Waals surface area contributed by atoms with Crippen molar-refractivity contribution in [1.29, 1.82) is 0 Å². The van der Waals surface area contributed by atoms with Crippen molar-refractivity contribution >= 4 is 40.2 Å². The van der Waals surface area contributed by atoms with Gasteiger partial charge in [0.2, 0.25) is 5.91 Å². The van der Waals surface area contributed by atoms with Crippen molar-refractivity contribution < 1.29 is 19.1 Å². The van der Waals surface area contributed by atoms with E-state index in [1.165, 1.54) is 7.11 Å². The molecule has 9 nitrogen and oxygen atoms in total. The van der Waals surface area contributed by atoms with Gasteiger partial charge >= 0.3 is 5.97 Å². The number of amides is 1. The third-order valence-electron chi connectivity index (χ3n) is 5.37. The first-order valence-corrected chi connectivity index (χ1v) is 10.3. The Hall–Kier alpha value is -2.49. The molecule has 1 N–H and O–H groups in total. The SMILES string of the molecule is COC(=O)CC1C(=O)NCCN1Cc1nc(N2CCOCC2)c2cc(Cl)ccc2n1. The molecule has 1 unspecified atom stereocenters. The van der Waals surface area contributed by atoms with Crippen LogP contribution in [0.4, 0.5) is 5.82 Å². The Morgan fingerprint density at radius 1 is 1.30 bits per heavy atom. The molecule has 10 heteroatoms. The Bertz CT molecular complexity index is 950. The van der Waals surface area contributed by atoms with E-state index in [1.807, 2.05) is 17.0 Å². The monoisotopic (exact) mass is 433 g/mol. The minimum absolute atomic E-state index is 0.0121. The van der Waals surface area contributed by atoms with Gasteiger partial charge in [-0.3, -0.25) is 14.5 Å². The number of ether oxygens (including phenoxy) is 2. The molecule has 2 saturated heterocycles. The molecule has 3 heterocycles. The van der Waals surface area contributed by atoms with Crippen LogP contribution in [0.15, 0.2) is 18.2 Å². The van der Waals surface area contributed by atoms with E-state index in [4.69, 9.17) is 31.0 Å². The van der Waals surface area contributed by atoms with Crippen LogP contribution in [0.2, 0.25) is 5.02 Å². The van der Waals surface area contributed by atoms with Crippen molar-refractivity contribution in [3.8, 4) is 0 Å². The lowest BCUT2D eigenvalue weighted by Crippen LogP contribution is -2.55. The highest BCUT2D eigenvalue weighted by Crippen LogP contribution is 2.28. The summed E-state index contributed by atoms with van der Waals surface area (Å²) < 4.78 is 10.2. The van der Waals surface area contributed by atoms with Crippen LogP contribution < -0.4 is 10.2 Å². The van der Waals surface area contributed by atoms with Crippen LogP contribution in [-0.4, -0.2) is 79.3 Å². The maximum Gasteiger partial charge on any atom is 0.307 e. The molecule has 30 heavy (non-hydrogen) atoms. The number of nitrogens with zero attached hydrogens (tertiary/aromatic N) is 4. The number of hydrogen-bond donors (Lipinski definition) is 1. The van der Waals surface area contributed by atoms with Gasteiger partial charge in [0.15, 0.2) is 0 Å². The zero-order valence-corrected chi connectivity index (χ0v) is 17.5. The van der Waals surface area contributed by atoms with Gasteiger partial charge in [0.25, 0.3) is 0 Å². The minimum Gasteiger partial charge on any atom is -0.469 e. The van der Waals surface area contributed by atoms with Crippen LogP contribution in [0.5, 0.6) is 0 Å². The number of halogens is 1. The molecule has 160 valence electrons. The number of esters is 1. The van der Waals surface area contributed by atoms with Gasteiger partial charge in [0.1, 0.15) is 17.7 Å². The van der Waals surface area contributed by atoms with Crippen LogP contribution in [-0.2, 0) is 25.6 Å². The Balaban J connectivity index is 1.67. The molecule has 1 aromatic heterocycles. The van der Waals surface area contributed by atoms with E-state index >= 15 is 0 Å². The first-order chi connectivity index (χ1) is 14.5. The van der Waals surface area contributed by atoms with Gasteiger partial charge in [0, 0.05) is 36.6 Å². The van der Waals surface area contributed by atoms with E-state index in [1.54, 1.807) is 6.07 Å². The Labute approximate surface area is 179 Å². The lowest BCUT2D eigenvalue weighted by atomic mass is 10.1. The summed E-state index contributed by atoms with van der Waals surface area (Å²) in [4.78, 5) is 37.8. The molecule has 1 amide bonds. The number of morpholine rings is 1. The molecule has 2 aliphatic heterocycles. The maximum absolute atomic E-state index is 12.4. The number of carbonyl (C=O) groups is 2. The van der Waals surface area contributed by atoms with Crippen molar-refractivity contribution in [2.45, 2.75) is 19.0 Å². The summed E-state index contributed by atoms with van der Waals surface area (Å²) in [7, 11) is 1.32. The van der Waals surface area contributed by atoms with E-state index in [9.17, 15) is 9.59 Å². The third kappa shape index (κ3) is 4.48. The van der Waals surface area contributed by atoms with Crippen molar-refractivity contribution in [3.63, 3.8) is 0 Å². The van der Waals surface area contributed by atoms with Gasteiger partial charge in [-0.1, -0.05) is 11.6 Å². The molecular weight excluding hydrogens is 410 g/mol. The van der Waals surface area contributed by atoms with Crippen molar-refractivity contribution in [3.05, 3.63) is 29.0 Å². The van der Waals surface area contributed by atoms with E-state index < -0.39 is 12.0 Å². The molecule has 4 rings (SSSR count). The molecule has 2 aliphatic rings. The van der Waals surface area contributed by atoms with Crippen LogP contribution in [0.3, 0.4) is 0 Å². The summed E-state index contributed by atoms with van der Waals surface area (Å²) in [5.74, 6) is 0.792. The second-order valence-electron chi connectivity index (χ2n) is 7.28. The lowest BCUT2D eigenvalue weighted by Gasteiger charge is -2.34. The first-order valence-electron chi connectivity index (χ1n) is 9.92. The molecule has 0 radical (unpaired) electrons. The van der Waals surface area contributed by atoms with Gasteiger partial charge in [-0.2, -0.15) is 0 Å². The largest absolute Gasteiger partial charge is 0.469 e. The van der Waals surface area contributed by atoms with Crippen molar-refractivity contribution in [1.82, 2.24) is 20.2 Å². The average Bonchev–Trinajstić information content (AvgIpc) is 2.76. The number of methoxy groups -OCH3 is 1. The molecule has 1 atom stereocenters. The lowest BCUT2D eigenvalue weighted by molar-refractivity contribution is -0.146. The molecular formula is C20H24ClN5O4. The van der Waals surface area contributed by atoms with Crippen molar-refractivity contribution in [2.24, 2.45) is 0 Å². The summed E-state index contributed by atoms with van der Waals surface area (Å²) in [6.07, 6.45) is -0.0121. The number of nitrogens with one attached hydrogen (secondary N) is 1. The summed E-state index contributed by atoms with van der Waals surface area (Å²) >= 11 is 6.23. The Kier molecular flexibility index (Phi) is 6.31. The highest BCUT2D eigenvalue weighted by Gasteiger charge is 2.32. The summed E-state index contributed by atoms with van der Waals surface area (Å²) in [5, 5.41) is 4.32. The van der Waals surface area contributed by atoms with E-state index in [2.05, 4.69) is 10.2 Å². The normalized spacial score (nSPS) is 20.3. The van der Waals surface area contributed by atoms with Gasteiger partial charge < -0.3 is 19.7 Å². The van der Waals surface area contributed by atoms with Crippen LogP contribution in [0.1, 0.15) is 12.2 Å². The average molecular weight is 434 g/mol. The third-order valence-corrected chi connectivity index (χ3v) is 5.60. The second kappa shape index (κ2) is 9.11. The standard InChI is InChI=1S/C20H24ClN5O4/c1-29-18(27)11-16-20(28)22-4-5-26(16)12-17-23-15-3-2-13(21)10-14(15)19(24-17)25-6-8-30-9-7-25/h2-3,10,16H,4-9,11-12H2,1H3,(H,22,28). The molecule has 0 aliphatic carbocycles. The number of anilines is 1. The van der Waals surface area contributed by atoms with Gasteiger partial charge in [-0.15, -0.1) is 0 Å². The second-order valence-corrected chi connectivity index (χ2v) is 7.72. The number of benzene rings is 1. The van der Waals surface area contributed by atoms with Crippen LogP contribution in [0, 0.1) is 0 Å². The first kappa shape index (κ1) is 20.8. The molecule has 0 saturated carbocycles. The maximum atomic E-state index is 12.4. The summed E-state index contributed by atoms with van der Waals surface area (Å²) in [6, 6.07) is 4.95. The van der Waals surface area contributed by atoms with Crippen LogP contribution >= 0.6 is 11.6 Å². The predicted octanol–water partition coefficient (Wildman–Crippen LogP) is 0.983. The van der Waals surface area contributed by atoms with E-state index in [0.717, 1.165) is 29.8 Å². The molecule has 2 fully saturated rings. The minimum atomic E-state index is -0.609. The zero-order valence-electron chi connectivity index (χ0n) is 16.8. The van der Waals surface area contributed by atoms with Gasteiger partial charge in [0.05, 0.1) is 38.8 Å². The Morgan fingerprint density at radius 3 is 2.87 bits per heavy atom. The van der Waals surface area contributed by atoms with Gasteiger partial charge in [-0.05, 0) is 18.2 Å². The quantitative estimate of drug-likeness (QED) is 0.697. The molecule has 0 bridgehead atoms. The van der Waals surface area contributed by atoms with E-state index in [0.29, 0.717) is 43.7 Å². The summed E-state index contributed by atoms with van der Waals surface area (Å²) in [5.41, 5.74) is 0.789. The molecule has 1 aromatic carbocycles. The number of carbonyl (C=O) groups excluding carboxylic acids is 2. The number of hydrogen-bond acceptors (Lipinski definition) is 8. The number of fused-ring (bicyclic) bond motifs is 1. The molecule has 2 aromatic rings. The van der Waals surface area contributed by atoms with Crippen LogP contribution in [0.25, 0.3) is 10.9 Å². The fourth-order valence-corrected chi connectivity index (χ4v) is 3.99. The summed E-state index contributed by atoms with van der Waals surface area (Å²) in [6.45, 7) is 4.19. The smallest absolute Gasteiger partial charge is 0.307 e. The highest BCUT2D eigenvalue weighted by molar-refractivity contribution is 6.31. The zero-order chi connectivity index (χ0) is 21.1. The fourth-order valence-electron chi connectivity index (χ4n) is 3.81. The Morgan fingerprint density at radius 2 is 2.10 bits per heavy atom. The topological polar surface area (TPSA) is 96.9 Å². The fraction of sp³-hybridized carbons (Fsp3) is 0.500. The number of aromatic nitrogens is 2. The highest BCUT2D eigenvalue weighted by atomic mass is 35.5. The van der Waals surface area contributed by atoms with Crippen molar-refractivity contribution in [2.75, 3.05) is 51.4 Å². The number of piperazine rings is 1. The van der Waals surface area contributed by atoms with E-state index in [-0.39, 0.29) is 12.3 Å². The number of rotatable bonds is 5. The predicted molar refractivity (Wildman–Crippen MR) is 111 cm³/mol. The molecule has 0 spiro atoms.